The number of primary amides is 1. The third kappa shape index (κ3) is 5.35. The van der Waals surface area contributed by atoms with E-state index in [2.05, 4.69) is 10.6 Å². The molecule has 1 heterocycles. The minimum Gasteiger partial charge on any atom is -0.455 e. The molecule has 5 rings (SSSR count). The number of nitrogens with two attached hydrogens (primary N) is 1. The summed E-state index contributed by atoms with van der Waals surface area (Å²) in [5.41, 5.74) is 7.91. The van der Waals surface area contributed by atoms with Crippen LogP contribution in [0.15, 0.2) is 89.4 Å². The van der Waals surface area contributed by atoms with Crippen LogP contribution < -0.4 is 16.4 Å². The van der Waals surface area contributed by atoms with Crippen LogP contribution in [0.1, 0.15) is 55.6 Å². The maximum Gasteiger partial charge on any atom is 0.253 e. The molecule has 42 heavy (non-hydrogen) atoms. The third-order valence-electron chi connectivity index (χ3n) is 7.62. The van der Waals surface area contributed by atoms with Gasteiger partial charge in [-0.15, -0.1) is 0 Å². The molecular formula is C34H32FN3O4. The quantitative estimate of drug-likeness (QED) is 0.231. The Morgan fingerprint density at radius 2 is 1.69 bits per heavy atom. The molecule has 0 spiro atoms. The number of allylic oxidation sites excluding steroid dienone is 3. The minimum atomic E-state index is -0.902. The molecule has 214 valence electrons. The Morgan fingerprint density at radius 1 is 1.00 bits per heavy atom. The largest absolute Gasteiger partial charge is 0.455 e. The number of benzene rings is 3. The van der Waals surface area contributed by atoms with Gasteiger partial charge >= 0.3 is 0 Å². The molecule has 4 N–H and O–H groups in total. The zero-order valence-corrected chi connectivity index (χ0v) is 23.9. The van der Waals surface area contributed by atoms with Crippen LogP contribution in [-0.4, -0.2) is 17.7 Å². The topological polar surface area (TPSA) is 114 Å². The number of hydrogen-bond donors (Lipinski definition) is 3. The Labute approximate surface area is 243 Å². The van der Waals surface area contributed by atoms with Crippen LogP contribution in [0.5, 0.6) is 0 Å². The lowest BCUT2D eigenvalue weighted by Gasteiger charge is -2.35. The first-order valence-electron chi connectivity index (χ1n) is 13.6. The van der Waals surface area contributed by atoms with Gasteiger partial charge in [0.15, 0.2) is 0 Å². The first-order valence-corrected chi connectivity index (χ1v) is 13.6. The van der Waals surface area contributed by atoms with Gasteiger partial charge < -0.3 is 20.8 Å². The van der Waals surface area contributed by atoms with Crippen molar-refractivity contribution in [2.45, 2.75) is 39.7 Å². The second-order valence-electron chi connectivity index (χ2n) is 11.3. The van der Waals surface area contributed by atoms with Crippen molar-refractivity contribution in [1.82, 2.24) is 5.32 Å². The highest BCUT2D eigenvalue weighted by molar-refractivity contribution is 6.17. The zero-order chi connectivity index (χ0) is 30.2. The fourth-order valence-corrected chi connectivity index (χ4v) is 5.39. The first-order chi connectivity index (χ1) is 19.9. The minimum absolute atomic E-state index is 0.0688. The highest BCUT2D eigenvalue weighted by atomic mass is 19.1. The van der Waals surface area contributed by atoms with Crippen LogP contribution in [0.3, 0.4) is 0 Å². The van der Waals surface area contributed by atoms with Crippen molar-refractivity contribution in [1.29, 1.82) is 0 Å². The highest BCUT2D eigenvalue weighted by Gasteiger charge is 2.37. The molecule has 1 unspecified atom stereocenters. The van der Waals surface area contributed by atoms with Crippen molar-refractivity contribution >= 4 is 40.0 Å². The van der Waals surface area contributed by atoms with Crippen molar-refractivity contribution in [2.24, 2.45) is 11.1 Å². The van der Waals surface area contributed by atoms with E-state index in [4.69, 9.17) is 10.2 Å². The van der Waals surface area contributed by atoms with Gasteiger partial charge in [0.1, 0.15) is 17.2 Å². The van der Waals surface area contributed by atoms with Gasteiger partial charge in [-0.1, -0.05) is 48.6 Å². The van der Waals surface area contributed by atoms with Crippen molar-refractivity contribution < 1.29 is 23.2 Å². The maximum atomic E-state index is 13.7. The summed E-state index contributed by atoms with van der Waals surface area (Å²) in [5.74, 6) is -1.54. The number of rotatable bonds is 7. The number of furan rings is 1. The molecule has 0 saturated heterocycles. The Balaban J connectivity index is 1.57. The van der Waals surface area contributed by atoms with Crippen LogP contribution in [0, 0.1) is 11.2 Å². The zero-order valence-electron chi connectivity index (χ0n) is 23.9. The van der Waals surface area contributed by atoms with Gasteiger partial charge in [-0.3, -0.25) is 14.4 Å². The van der Waals surface area contributed by atoms with Gasteiger partial charge in [0.25, 0.3) is 5.91 Å². The molecule has 7 nitrogen and oxygen atoms in total. The van der Waals surface area contributed by atoms with Crippen molar-refractivity contribution in [3.05, 3.63) is 107 Å². The summed E-state index contributed by atoms with van der Waals surface area (Å²) >= 11 is 0. The Bertz CT molecular complexity index is 1770. The van der Waals surface area contributed by atoms with E-state index < -0.39 is 22.7 Å². The molecule has 4 aromatic rings. The molecule has 3 aromatic carbocycles. The molecule has 8 heteroatoms. The lowest BCUT2D eigenvalue weighted by Crippen LogP contribution is -2.47. The van der Waals surface area contributed by atoms with Crippen molar-refractivity contribution in [2.75, 3.05) is 5.32 Å². The van der Waals surface area contributed by atoms with E-state index in [1.807, 2.05) is 69.3 Å². The Hall–Kier alpha value is -4.98. The van der Waals surface area contributed by atoms with Gasteiger partial charge in [-0.25, -0.2) is 4.39 Å². The summed E-state index contributed by atoms with van der Waals surface area (Å²) in [7, 11) is 0. The van der Waals surface area contributed by atoms with Crippen LogP contribution in [-0.2, 0) is 15.1 Å². The normalized spacial score (nSPS) is 16.6. The molecule has 0 fully saturated rings. The number of amides is 3. The standard InChI is InChI=1S/C34H32FN3O4/c1-20(39)37-29-25(16-17-26-27(29)28(31(36)40)30(42-26)21-12-14-24(35)15-13-21)22-9-8-18-34(4,19-22)32(41)38-33(2,3)23-10-6-5-7-11-23/h5-18H,19H2,1-4H3,(H2,36,40)(H,37,39)(H,38,41). The van der Waals surface area contributed by atoms with E-state index in [-0.39, 0.29) is 23.1 Å². The van der Waals surface area contributed by atoms with Crippen LogP contribution in [0.25, 0.3) is 27.9 Å². The summed E-state index contributed by atoms with van der Waals surface area (Å²) in [4.78, 5) is 38.9. The maximum absolute atomic E-state index is 13.7. The van der Waals surface area contributed by atoms with Crippen LogP contribution in [0.2, 0.25) is 0 Å². The Morgan fingerprint density at radius 3 is 2.33 bits per heavy atom. The predicted molar refractivity (Wildman–Crippen MR) is 162 cm³/mol. The van der Waals surface area contributed by atoms with E-state index in [0.29, 0.717) is 34.2 Å². The number of nitrogens with one attached hydrogen (secondary N) is 2. The number of fused-ring (bicyclic) bond motifs is 1. The van der Waals surface area contributed by atoms with Crippen LogP contribution >= 0.6 is 0 Å². The van der Waals surface area contributed by atoms with Gasteiger partial charge in [-0.05, 0) is 74.7 Å². The molecule has 0 saturated carbocycles. The van der Waals surface area contributed by atoms with Crippen molar-refractivity contribution in [3.63, 3.8) is 0 Å². The summed E-state index contributed by atoms with van der Waals surface area (Å²) in [6, 6.07) is 18.7. The third-order valence-corrected chi connectivity index (χ3v) is 7.62. The number of anilines is 1. The lowest BCUT2D eigenvalue weighted by atomic mass is 9.76. The molecule has 3 amide bonds. The molecule has 0 radical (unpaired) electrons. The summed E-state index contributed by atoms with van der Waals surface area (Å²) in [6.45, 7) is 7.14. The van der Waals surface area contributed by atoms with Gasteiger partial charge in [-0.2, -0.15) is 0 Å². The molecule has 0 bridgehead atoms. The molecule has 1 atom stereocenters. The van der Waals surface area contributed by atoms with Crippen molar-refractivity contribution in [3.8, 4) is 11.3 Å². The van der Waals surface area contributed by atoms with E-state index in [1.165, 1.54) is 31.2 Å². The summed E-state index contributed by atoms with van der Waals surface area (Å²) < 4.78 is 19.7. The SMILES string of the molecule is CC(=O)Nc1c(C2=CC=CC(C)(C(=O)NC(C)(C)c3ccccc3)C2)ccc2oc(-c3ccc(F)cc3)c(C(N)=O)c12. The first kappa shape index (κ1) is 28.5. The summed E-state index contributed by atoms with van der Waals surface area (Å²) in [6.07, 6.45) is 5.90. The smallest absolute Gasteiger partial charge is 0.253 e. The monoisotopic (exact) mass is 565 g/mol. The number of carbonyl (C=O) groups excluding carboxylic acids is 3. The van der Waals surface area contributed by atoms with E-state index in [9.17, 15) is 18.8 Å². The number of halogens is 1. The second-order valence-corrected chi connectivity index (χ2v) is 11.3. The van der Waals surface area contributed by atoms with E-state index in [1.54, 1.807) is 12.1 Å². The molecular weight excluding hydrogens is 533 g/mol. The lowest BCUT2D eigenvalue weighted by molar-refractivity contribution is -0.129. The fraction of sp³-hybridized carbons (Fsp3) is 0.206. The average Bonchev–Trinajstić information content (AvgIpc) is 3.34. The molecule has 1 aliphatic carbocycles. The second kappa shape index (κ2) is 10.8. The number of hydrogen-bond acceptors (Lipinski definition) is 4. The molecule has 1 aromatic heterocycles. The van der Waals surface area contributed by atoms with Gasteiger partial charge in [0, 0.05) is 18.1 Å². The Kier molecular flexibility index (Phi) is 7.33. The van der Waals surface area contributed by atoms with Crippen LogP contribution in [0.4, 0.5) is 10.1 Å². The highest BCUT2D eigenvalue weighted by Crippen LogP contribution is 2.45. The van der Waals surface area contributed by atoms with E-state index in [0.717, 1.165) is 11.1 Å². The van der Waals surface area contributed by atoms with Gasteiger partial charge in [0.05, 0.1) is 27.6 Å². The molecule has 1 aliphatic rings. The predicted octanol–water partition coefficient (Wildman–Crippen LogP) is 6.70. The number of carbonyl (C=O) groups is 3. The summed E-state index contributed by atoms with van der Waals surface area (Å²) in [5, 5.41) is 6.39. The fourth-order valence-electron chi connectivity index (χ4n) is 5.39. The molecule has 0 aliphatic heterocycles. The van der Waals surface area contributed by atoms with Gasteiger partial charge in [0.2, 0.25) is 11.8 Å². The van der Waals surface area contributed by atoms with E-state index >= 15 is 0 Å². The average molecular weight is 566 g/mol.